The van der Waals surface area contributed by atoms with Crippen molar-refractivity contribution in [3.8, 4) is 0 Å². The first kappa shape index (κ1) is 12.3. The van der Waals surface area contributed by atoms with Crippen molar-refractivity contribution in [3.63, 3.8) is 0 Å². The minimum atomic E-state index is 0.153. The Hall–Kier alpha value is -1.19. The molecule has 94 valence electrons. The molecule has 4 nitrogen and oxygen atoms in total. The molecule has 1 aliphatic rings. The number of rotatable bonds is 3. The Morgan fingerprint density at radius 2 is 2.29 bits per heavy atom. The number of ketones is 1. The summed E-state index contributed by atoms with van der Waals surface area (Å²) in [6.07, 6.45) is 5.13. The van der Waals surface area contributed by atoms with E-state index in [4.69, 9.17) is 0 Å². The van der Waals surface area contributed by atoms with Gasteiger partial charge in [-0.25, -0.2) is 9.67 Å². The van der Waals surface area contributed by atoms with Crippen LogP contribution in [0.5, 0.6) is 0 Å². The summed E-state index contributed by atoms with van der Waals surface area (Å²) >= 11 is 0. The summed E-state index contributed by atoms with van der Waals surface area (Å²) in [6.45, 7) is 6.40. The molecule has 1 aromatic rings. The van der Waals surface area contributed by atoms with E-state index in [1.165, 1.54) is 0 Å². The average molecular weight is 235 g/mol. The third-order valence-electron chi connectivity index (χ3n) is 3.59. The molecular weight excluding hydrogens is 214 g/mol. The van der Waals surface area contributed by atoms with Gasteiger partial charge in [0.1, 0.15) is 17.9 Å². The van der Waals surface area contributed by atoms with Crippen molar-refractivity contribution in [2.75, 3.05) is 0 Å². The summed E-state index contributed by atoms with van der Waals surface area (Å²) in [5.41, 5.74) is 0. The van der Waals surface area contributed by atoms with Gasteiger partial charge >= 0.3 is 0 Å². The molecule has 2 atom stereocenters. The Balaban J connectivity index is 2.09. The Kier molecular flexibility index (Phi) is 3.60. The average Bonchev–Trinajstić information content (AvgIpc) is 2.71. The number of aromatic nitrogens is 3. The summed E-state index contributed by atoms with van der Waals surface area (Å²) in [5, 5.41) is 4.22. The van der Waals surface area contributed by atoms with E-state index in [-0.39, 0.29) is 5.92 Å². The lowest BCUT2D eigenvalue weighted by molar-refractivity contribution is -0.125. The zero-order chi connectivity index (χ0) is 12.4. The van der Waals surface area contributed by atoms with Crippen LogP contribution in [0.25, 0.3) is 0 Å². The maximum absolute atomic E-state index is 11.9. The van der Waals surface area contributed by atoms with Crippen LogP contribution in [0.15, 0.2) is 6.33 Å². The minimum absolute atomic E-state index is 0.153. The standard InChI is InChI=1S/C13H21N3O/c1-9(2)16-13(14-8-15-16)7-11-6-10(3)4-5-12(11)17/h8-11H,4-7H2,1-3H3. The Labute approximate surface area is 102 Å². The van der Waals surface area contributed by atoms with Gasteiger partial charge in [-0.1, -0.05) is 6.92 Å². The van der Waals surface area contributed by atoms with Gasteiger partial charge in [0.05, 0.1) is 0 Å². The molecule has 1 fully saturated rings. The number of carbonyl (C=O) groups is 1. The van der Waals surface area contributed by atoms with Crippen LogP contribution in [-0.2, 0) is 11.2 Å². The smallest absolute Gasteiger partial charge is 0.138 e. The molecule has 0 spiro atoms. The molecule has 1 saturated carbocycles. The van der Waals surface area contributed by atoms with E-state index < -0.39 is 0 Å². The van der Waals surface area contributed by atoms with Crippen molar-refractivity contribution in [1.29, 1.82) is 0 Å². The van der Waals surface area contributed by atoms with Crippen molar-refractivity contribution in [2.24, 2.45) is 11.8 Å². The lowest BCUT2D eigenvalue weighted by atomic mass is 9.80. The van der Waals surface area contributed by atoms with E-state index in [1.54, 1.807) is 6.33 Å². The predicted molar refractivity (Wildman–Crippen MR) is 65.6 cm³/mol. The largest absolute Gasteiger partial charge is 0.299 e. The fourth-order valence-corrected chi connectivity index (χ4v) is 2.60. The van der Waals surface area contributed by atoms with Crippen LogP contribution in [0.1, 0.15) is 51.9 Å². The summed E-state index contributed by atoms with van der Waals surface area (Å²) in [5.74, 6) is 2.17. The molecule has 0 amide bonds. The summed E-state index contributed by atoms with van der Waals surface area (Å²) in [7, 11) is 0. The molecule has 1 aromatic heterocycles. The highest BCUT2D eigenvalue weighted by Gasteiger charge is 2.28. The van der Waals surface area contributed by atoms with Crippen LogP contribution < -0.4 is 0 Å². The van der Waals surface area contributed by atoms with Crippen LogP contribution in [0.3, 0.4) is 0 Å². The second-order valence-electron chi connectivity index (χ2n) is 5.46. The lowest BCUT2D eigenvalue weighted by Crippen LogP contribution is -2.26. The molecule has 4 heteroatoms. The highest BCUT2D eigenvalue weighted by atomic mass is 16.1. The van der Waals surface area contributed by atoms with E-state index in [9.17, 15) is 4.79 Å². The van der Waals surface area contributed by atoms with Gasteiger partial charge < -0.3 is 0 Å². The zero-order valence-electron chi connectivity index (χ0n) is 10.9. The Morgan fingerprint density at radius 3 is 3.00 bits per heavy atom. The number of hydrogen-bond acceptors (Lipinski definition) is 3. The van der Waals surface area contributed by atoms with Crippen LogP contribution in [0, 0.1) is 11.8 Å². The summed E-state index contributed by atoms with van der Waals surface area (Å²) < 4.78 is 1.92. The van der Waals surface area contributed by atoms with Gasteiger partial charge in [0.25, 0.3) is 0 Å². The quantitative estimate of drug-likeness (QED) is 0.808. The molecule has 0 N–H and O–H groups in total. The summed E-state index contributed by atoms with van der Waals surface area (Å²) in [6, 6.07) is 0.309. The van der Waals surface area contributed by atoms with Crippen LogP contribution in [0.4, 0.5) is 0 Å². The molecule has 0 radical (unpaired) electrons. The first-order valence-corrected chi connectivity index (χ1v) is 6.49. The predicted octanol–water partition coefficient (Wildman–Crippen LogP) is 2.41. The Morgan fingerprint density at radius 1 is 1.53 bits per heavy atom. The van der Waals surface area contributed by atoms with E-state index in [0.717, 1.165) is 31.5 Å². The van der Waals surface area contributed by atoms with Gasteiger partial charge in [0.2, 0.25) is 0 Å². The molecule has 0 saturated heterocycles. The topological polar surface area (TPSA) is 47.8 Å². The molecule has 1 aliphatic carbocycles. The van der Waals surface area contributed by atoms with E-state index in [2.05, 4.69) is 30.9 Å². The van der Waals surface area contributed by atoms with E-state index in [0.29, 0.717) is 17.7 Å². The number of nitrogens with zero attached hydrogens (tertiary/aromatic N) is 3. The van der Waals surface area contributed by atoms with Crippen molar-refractivity contribution in [1.82, 2.24) is 14.8 Å². The van der Waals surface area contributed by atoms with Gasteiger partial charge in [-0.15, -0.1) is 0 Å². The second kappa shape index (κ2) is 4.98. The summed E-state index contributed by atoms with van der Waals surface area (Å²) in [4.78, 5) is 16.2. The monoisotopic (exact) mass is 235 g/mol. The highest BCUT2D eigenvalue weighted by molar-refractivity contribution is 5.81. The first-order valence-electron chi connectivity index (χ1n) is 6.49. The highest BCUT2D eigenvalue weighted by Crippen LogP contribution is 2.28. The second-order valence-corrected chi connectivity index (χ2v) is 5.46. The van der Waals surface area contributed by atoms with Crippen molar-refractivity contribution < 1.29 is 4.79 Å². The molecule has 2 rings (SSSR count). The van der Waals surface area contributed by atoms with Gasteiger partial charge in [0, 0.05) is 24.8 Å². The first-order chi connectivity index (χ1) is 8.08. The third kappa shape index (κ3) is 2.73. The van der Waals surface area contributed by atoms with Gasteiger partial charge in [0.15, 0.2) is 0 Å². The van der Waals surface area contributed by atoms with Crippen molar-refractivity contribution in [2.45, 2.75) is 52.5 Å². The SMILES string of the molecule is CC1CCC(=O)C(Cc2ncnn2C(C)C)C1. The van der Waals surface area contributed by atoms with Crippen molar-refractivity contribution in [3.05, 3.63) is 12.2 Å². The van der Waals surface area contributed by atoms with Gasteiger partial charge in [-0.05, 0) is 32.6 Å². The fraction of sp³-hybridized carbons (Fsp3) is 0.769. The van der Waals surface area contributed by atoms with Crippen LogP contribution >= 0.6 is 0 Å². The lowest BCUT2D eigenvalue weighted by Gasteiger charge is -2.25. The molecule has 0 aromatic carbocycles. The van der Waals surface area contributed by atoms with Gasteiger partial charge in [-0.3, -0.25) is 4.79 Å². The molecule has 1 heterocycles. The van der Waals surface area contributed by atoms with Gasteiger partial charge in [-0.2, -0.15) is 5.10 Å². The van der Waals surface area contributed by atoms with Crippen LogP contribution in [-0.4, -0.2) is 20.5 Å². The maximum atomic E-state index is 11.9. The minimum Gasteiger partial charge on any atom is -0.299 e. The van der Waals surface area contributed by atoms with Crippen LogP contribution in [0.2, 0.25) is 0 Å². The molecule has 0 aliphatic heterocycles. The molecule has 2 unspecified atom stereocenters. The number of hydrogen-bond donors (Lipinski definition) is 0. The van der Waals surface area contributed by atoms with Crippen molar-refractivity contribution >= 4 is 5.78 Å². The fourth-order valence-electron chi connectivity index (χ4n) is 2.60. The molecule has 0 bridgehead atoms. The number of carbonyl (C=O) groups excluding carboxylic acids is 1. The third-order valence-corrected chi connectivity index (χ3v) is 3.59. The Bertz CT molecular complexity index is 397. The zero-order valence-corrected chi connectivity index (χ0v) is 10.9. The number of Topliss-reactive ketones (excluding diaryl/α,β-unsaturated/α-hetero) is 1. The van der Waals surface area contributed by atoms with E-state index >= 15 is 0 Å². The molecule has 17 heavy (non-hydrogen) atoms. The van der Waals surface area contributed by atoms with E-state index in [1.807, 2.05) is 4.68 Å². The normalized spacial score (nSPS) is 25.5. The maximum Gasteiger partial charge on any atom is 0.138 e. The molecular formula is C13H21N3O.